The van der Waals surface area contributed by atoms with Gasteiger partial charge in [-0.3, -0.25) is 14.5 Å². The molecule has 2 heterocycles. The van der Waals surface area contributed by atoms with Gasteiger partial charge in [-0.2, -0.15) is 5.10 Å². The van der Waals surface area contributed by atoms with Gasteiger partial charge in [-0.05, 0) is 32.0 Å². The number of carbonyl (C=O) groups is 2. The number of carbonyl (C=O) groups excluding carboxylic acids is 2. The summed E-state index contributed by atoms with van der Waals surface area (Å²) in [5, 5.41) is 4.15. The highest BCUT2D eigenvalue weighted by Gasteiger charge is 2.36. The first-order valence-electron chi connectivity index (χ1n) is 6.53. The number of Topliss-reactive ketones (excluding diaryl/α,β-unsaturated/α-hetero) is 1. The Morgan fingerprint density at radius 2 is 2.05 bits per heavy atom. The van der Waals surface area contributed by atoms with Crippen LogP contribution in [0.15, 0.2) is 29.0 Å². The van der Waals surface area contributed by atoms with Crippen LogP contribution < -0.4 is 4.90 Å². The third-order valence-electron chi connectivity index (χ3n) is 3.37. The number of halogens is 1. The Morgan fingerprint density at radius 3 is 2.76 bits per heavy atom. The fourth-order valence-corrected chi connectivity index (χ4v) is 2.73. The van der Waals surface area contributed by atoms with Crippen LogP contribution >= 0.6 is 15.9 Å². The molecule has 1 aliphatic heterocycles. The van der Waals surface area contributed by atoms with Crippen LogP contribution in [0.2, 0.25) is 0 Å². The van der Waals surface area contributed by atoms with Crippen molar-refractivity contribution in [2.75, 3.05) is 4.90 Å². The number of fused-ring (bicyclic) bond motifs is 1. The highest BCUT2D eigenvalue weighted by atomic mass is 79.9. The summed E-state index contributed by atoms with van der Waals surface area (Å²) in [6, 6.07) is 5.32. The lowest BCUT2D eigenvalue weighted by atomic mass is 10.1. The molecule has 108 valence electrons. The summed E-state index contributed by atoms with van der Waals surface area (Å²) in [5.74, 6) is -0.353. The normalized spacial score (nSPS) is 14.2. The summed E-state index contributed by atoms with van der Waals surface area (Å²) < 4.78 is 2.56. The largest absolute Gasteiger partial charge is 0.299 e. The Labute approximate surface area is 129 Å². The van der Waals surface area contributed by atoms with Gasteiger partial charge in [0.1, 0.15) is 12.2 Å². The zero-order valence-electron chi connectivity index (χ0n) is 11.6. The number of hydrogen-bond acceptors (Lipinski definition) is 4. The minimum atomic E-state index is -0.526. The minimum Gasteiger partial charge on any atom is -0.297 e. The second kappa shape index (κ2) is 5.07. The number of hydrogen-bond donors (Lipinski definition) is 0. The molecule has 0 spiro atoms. The van der Waals surface area contributed by atoms with Gasteiger partial charge in [0.15, 0.2) is 0 Å². The fraction of sp³-hybridized carbons (Fsp3) is 0.286. The molecule has 0 N–H and O–H groups in total. The van der Waals surface area contributed by atoms with Crippen LogP contribution in [0.3, 0.4) is 0 Å². The number of aromatic nitrogens is 3. The van der Waals surface area contributed by atoms with Crippen molar-refractivity contribution >= 4 is 33.3 Å². The number of nitrogens with zero attached hydrogens (tertiary/aromatic N) is 4. The lowest BCUT2D eigenvalue weighted by Gasteiger charge is -2.17. The number of anilines is 1. The number of ketones is 1. The Morgan fingerprint density at radius 1 is 1.29 bits per heavy atom. The monoisotopic (exact) mass is 348 g/mol. The molecule has 7 heteroatoms. The Bertz CT molecular complexity index is 738. The molecule has 0 unspecified atom stereocenters. The molecule has 3 rings (SSSR count). The first-order chi connectivity index (χ1) is 9.99. The summed E-state index contributed by atoms with van der Waals surface area (Å²) in [6.07, 6.45) is 1.46. The van der Waals surface area contributed by atoms with E-state index in [0.29, 0.717) is 17.1 Å². The molecule has 0 radical (unpaired) electrons. The van der Waals surface area contributed by atoms with Crippen molar-refractivity contribution in [3.05, 3.63) is 40.4 Å². The van der Waals surface area contributed by atoms with Crippen molar-refractivity contribution in [2.24, 2.45) is 0 Å². The molecule has 0 fully saturated rings. The number of rotatable bonds is 3. The van der Waals surface area contributed by atoms with E-state index in [1.165, 1.54) is 11.2 Å². The van der Waals surface area contributed by atoms with Crippen LogP contribution in [0.25, 0.3) is 0 Å². The van der Waals surface area contributed by atoms with Gasteiger partial charge < -0.3 is 0 Å². The summed E-state index contributed by atoms with van der Waals surface area (Å²) in [5.41, 5.74) is 1.04. The van der Waals surface area contributed by atoms with E-state index < -0.39 is 11.7 Å². The summed E-state index contributed by atoms with van der Waals surface area (Å²) >= 11 is 3.37. The number of benzene rings is 1. The Hall–Kier alpha value is -2.02. The van der Waals surface area contributed by atoms with Crippen molar-refractivity contribution in [1.29, 1.82) is 0 Å². The zero-order chi connectivity index (χ0) is 15.1. The van der Waals surface area contributed by atoms with Crippen LogP contribution in [-0.4, -0.2) is 26.5 Å². The van der Waals surface area contributed by atoms with Gasteiger partial charge >= 0.3 is 0 Å². The van der Waals surface area contributed by atoms with Crippen molar-refractivity contribution in [1.82, 2.24) is 14.8 Å². The average molecular weight is 349 g/mol. The van der Waals surface area contributed by atoms with Gasteiger partial charge in [-0.1, -0.05) is 15.9 Å². The smallest absolute Gasteiger partial charge is 0.297 e. The second-order valence-corrected chi connectivity index (χ2v) is 6.01. The molecule has 1 amide bonds. The molecule has 2 aromatic rings. The second-order valence-electron chi connectivity index (χ2n) is 5.10. The van der Waals surface area contributed by atoms with Gasteiger partial charge in [-0.15, -0.1) is 0 Å². The highest BCUT2D eigenvalue weighted by Crippen LogP contribution is 2.32. The van der Waals surface area contributed by atoms with Crippen LogP contribution in [0.1, 0.15) is 36.1 Å². The zero-order valence-corrected chi connectivity index (χ0v) is 13.2. The maximum atomic E-state index is 12.2. The van der Waals surface area contributed by atoms with Crippen LogP contribution in [0.5, 0.6) is 0 Å². The summed E-state index contributed by atoms with van der Waals surface area (Å²) in [4.78, 5) is 29.8. The Kier molecular flexibility index (Phi) is 3.36. The molecule has 1 aliphatic rings. The van der Waals surface area contributed by atoms with E-state index >= 15 is 0 Å². The predicted octanol–water partition coefficient (Wildman–Crippen LogP) is 2.35. The maximum Gasteiger partial charge on any atom is 0.299 e. The van der Waals surface area contributed by atoms with E-state index in [4.69, 9.17) is 0 Å². The topological polar surface area (TPSA) is 68.1 Å². The average Bonchev–Trinajstić information content (AvgIpc) is 2.99. The number of amides is 1. The molecule has 1 aromatic carbocycles. The van der Waals surface area contributed by atoms with Gasteiger partial charge in [0.25, 0.3) is 11.7 Å². The van der Waals surface area contributed by atoms with Gasteiger partial charge in [0.2, 0.25) is 0 Å². The molecule has 21 heavy (non-hydrogen) atoms. The highest BCUT2D eigenvalue weighted by molar-refractivity contribution is 9.10. The van der Waals surface area contributed by atoms with Crippen molar-refractivity contribution in [3.8, 4) is 0 Å². The van der Waals surface area contributed by atoms with E-state index in [0.717, 1.165) is 4.47 Å². The minimum absolute atomic E-state index is 0.137. The standard InChI is InChI=1S/C14H13BrN4O2/c1-8(2)19-12(16-7-17-19)6-18-11-5-9(15)3-4-10(11)13(20)14(18)21/h3-5,7-8H,6H2,1-2H3. The molecule has 6 nitrogen and oxygen atoms in total. The van der Waals surface area contributed by atoms with Gasteiger partial charge in [0, 0.05) is 10.5 Å². The predicted molar refractivity (Wildman–Crippen MR) is 80.1 cm³/mol. The third-order valence-corrected chi connectivity index (χ3v) is 3.86. The van der Waals surface area contributed by atoms with E-state index in [9.17, 15) is 9.59 Å². The van der Waals surface area contributed by atoms with E-state index in [1.807, 2.05) is 13.8 Å². The molecular weight excluding hydrogens is 336 g/mol. The molecule has 0 aliphatic carbocycles. The lowest BCUT2D eigenvalue weighted by Crippen LogP contribution is -2.30. The van der Waals surface area contributed by atoms with E-state index in [1.54, 1.807) is 22.9 Å². The molecule has 1 aromatic heterocycles. The molecule has 0 atom stereocenters. The van der Waals surface area contributed by atoms with Crippen LogP contribution in [-0.2, 0) is 11.3 Å². The first-order valence-corrected chi connectivity index (χ1v) is 7.32. The molecule has 0 bridgehead atoms. The summed E-state index contributed by atoms with van der Waals surface area (Å²) in [7, 11) is 0. The van der Waals surface area contributed by atoms with Crippen molar-refractivity contribution in [2.45, 2.75) is 26.4 Å². The first kappa shape index (κ1) is 13.9. The SMILES string of the molecule is CC(C)n1ncnc1CN1C(=O)C(=O)c2ccc(Br)cc21. The van der Waals surface area contributed by atoms with Crippen molar-refractivity contribution in [3.63, 3.8) is 0 Å². The lowest BCUT2D eigenvalue weighted by molar-refractivity contribution is -0.114. The van der Waals surface area contributed by atoms with Gasteiger partial charge in [-0.25, -0.2) is 9.67 Å². The van der Waals surface area contributed by atoms with Crippen molar-refractivity contribution < 1.29 is 9.59 Å². The third kappa shape index (κ3) is 2.27. The van der Waals surface area contributed by atoms with Crippen LogP contribution in [0, 0.1) is 0 Å². The molecule has 0 saturated carbocycles. The van der Waals surface area contributed by atoms with Crippen LogP contribution in [0.4, 0.5) is 5.69 Å². The molecular formula is C14H13BrN4O2. The summed E-state index contributed by atoms with van der Waals surface area (Å²) in [6.45, 7) is 4.20. The van der Waals surface area contributed by atoms with E-state index in [-0.39, 0.29) is 12.6 Å². The maximum absolute atomic E-state index is 12.2. The fourth-order valence-electron chi connectivity index (χ4n) is 2.38. The quantitative estimate of drug-likeness (QED) is 0.798. The van der Waals surface area contributed by atoms with Gasteiger partial charge in [0.05, 0.1) is 17.8 Å². The Balaban J connectivity index is 2.00. The molecule has 0 saturated heterocycles. The van der Waals surface area contributed by atoms with E-state index in [2.05, 4.69) is 26.0 Å².